The zero-order chi connectivity index (χ0) is 13.8. The van der Waals surface area contributed by atoms with Gasteiger partial charge in [0.1, 0.15) is 0 Å². The van der Waals surface area contributed by atoms with Crippen molar-refractivity contribution in [2.24, 2.45) is 0 Å². The van der Waals surface area contributed by atoms with Crippen molar-refractivity contribution in [2.45, 2.75) is 6.42 Å². The van der Waals surface area contributed by atoms with Gasteiger partial charge in [-0.2, -0.15) is 0 Å². The molecule has 0 unspecified atom stereocenters. The molecule has 0 amide bonds. The second-order valence-corrected chi connectivity index (χ2v) is 5.73. The third kappa shape index (κ3) is 3.38. The molecule has 0 aliphatic carbocycles. The highest BCUT2D eigenvalue weighted by Gasteiger charge is 2.03. The number of nitrogens with zero attached hydrogens (tertiary/aromatic N) is 1. The molecule has 0 spiro atoms. The molecular weight excluding hydrogens is 288 g/mol. The van der Waals surface area contributed by atoms with E-state index in [9.17, 15) is 0 Å². The summed E-state index contributed by atoms with van der Waals surface area (Å²) in [7, 11) is 0. The lowest BCUT2D eigenvalue weighted by Gasteiger charge is -2.01. The minimum absolute atomic E-state index is 0.762. The average Bonchev–Trinajstić information content (AvgIpc) is 2.90. The summed E-state index contributed by atoms with van der Waals surface area (Å²) in [6.45, 7) is 0. The van der Waals surface area contributed by atoms with E-state index in [0.717, 1.165) is 28.0 Å². The molecule has 3 aromatic rings. The van der Waals surface area contributed by atoms with Crippen LogP contribution < -0.4 is 5.32 Å². The Morgan fingerprint density at radius 1 is 1.00 bits per heavy atom. The van der Waals surface area contributed by atoms with Crippen LogP contribution in [0, 0.1) is 0 Å². The van der Waals surface area contributed by atoms with Crippen LogP contribution >= 0.6 is 22.9 Å². The third-order valence-corrected chi connectivity index (χ3v) is 3.93. The number of thiazole rings is 1. The zero-order valence-electron chi connectivity index (χ0n) is 10.7. The minimum Gasteiger partial charge on any atom is -0.332 e. The first-order valence-corrected chi connectivity index (χ1v) is 7.56. The van der Waals surface area contributed by atoms with E-state index < -0.39 is 0 Å². The number of hydrogen-bond donors (Lipinski definition) is 1. The molecule has 1 aromatic heterocycles. The number of anilines is 2. The van der Waals surface area contributed by atoms with Crippen LogP contribution in [-0.2, 0) is 6.42 Å². The van der Waals surface area contributed by atoms with Gasteiger partial charge in [0.2, 0.25) is 0 Å². The summed E-state index contributed by atoms with van der Waals surface area (Å²) in [5, 5.41) is 7.07. The van der Waals surface area contributed by atoms with Crippen molar-refractivity contribution in [3.05, 3.63) is 76.3 Å². The second kappa shape index (κ2) is 6.07. The van der Waals surface area contributed by atoms with Gasteiger partial charge < -0.3 is 5.32 Å². The number of aromatic nitrogens is 1. The first-order valence-electron chi connectivity index (χ1n) is 6.30. The van der Waals surface area contributed by atoms with E-state index >= 15 is 0 Å². The maximum absolute atomic E-state index is 5.89. The van der Waals surface area contributed by atoms with E-state index in [0.29, 0.717) is 0 Å². The highest BCUT2D eigenvalue weighted by molar-refractivity contribution is 7.13. The fourth-order valence-electron chi connectivity index (χ4n) is 1.90. The Bertz CT molecular complexity index is 677. The smallest absolute Gasteiger partial charge is 0.187 e. The summed E-state index contributed by atoms with van der Waals surface area (Å²) < 4.78 is 0. The van der Waals surface area contributed by atoms with Crippen molar-refractivity contribution in [2.75, 3.05) is 5.32 Å². The van der Waals surface area contributed by atoms with Crippen molar-refractivity contribution >= 4 is 33.8 Å². The lowest BCUT2D eigenvalue weighted by molar-refractivity contribution is 1.11. The zero-order valence-corrected chi connectivity index (χ0v) is 12.3. The van der Waals surface area contributed by atoms with Crippen LogP contribution in [0.5, 0.6) is 0 Å². The molecule has 20 heavy (non-hydrogen) atoms. The van der Waals surface area contributed by atoms with Gasteiger partial charge in [0.25, 0.3) is 0 Å². The van der Waals surface area contributed by atoms with Crippen LogP contribution in [0.1, 0.15) is 11.3 Å². The Hall–Kier alpha value is -1.84. The number of para-hydroxylation sites is 1. The van der Waals surface area contributed by atoms with Crippen molar-refractivity contribution in [1.82, 2.24) is 4.98 Å². The lowest BCUT2D eigenvalue weighted by Crippen LogP contribution is -1.91. The Morgan fingerprint density at radius 3 is 2.50 bits per heavy atom. The van der Waals surface area contributed by atoms with E-state index in [1.807, 2.05) is 54.6 Å². The molecular formula is C16H13ClN2S. The largest absolute Gasteiger partial charge is 0.332 e. The van der Waals surface area contributed by atoms with E-state index in [-0.39, 0.29) is 0 Å². The monoisotopic (exact) mass is 300 g/mol. The molecule has 0 fully saturated rings. The van der Waals surface area contributed by atoms with Crippen LogP contribution in [0.2, 0.25) is 5.02 Å². The van der Waals surface area contributed by atoms with E-state index in [4.69, 9.17) is 11.6 Å². The maximum Gasteiger partial charge on any atom is 0.187 e. The van der Waals surface area contributed by atoms with Gasteiger partial charge in [-0.15, -0.1) is 11.3 Å². The third-order valence-electron chi connectivity index (χ3n) is 2.88. The molecule has 0 saturated heterocycles. The molecule has 0 saturated carbocycles. The normalized spacial score (nSPS) is 10.4. The average molecular weight is 301 g/mol. The molecule has 0 bridgehead atoms. The van der Waals surface area contributed by atoms with E-state index in [2.05, 4.69) is 15.7 Å². The number of hydrogen-bond acceptors (Lipinski definition) is 3. The van der Waals surface area contributed by atoms with Gasteiger partial charge in [-0.1, -0.05) is 41.9 Å². The molecule has 100 valence electrons. The van der Waals surface area contributed by atoms with Crippen LogP contribution in [0.4, 0.5) is 10.8 Å². The van der Waals surface area contributed by atoms with Crippen molar-refractivity contribution in [3.8, 4) is 0 Å². The second-order valence-electron chi connectivity index (χ2n) is 4.44. The van der Waals surface area contributed by atoms with Crippen LogP contribution in [0.25, 0.3) is 0 Å². The molecule has 3 rings (SSSR count). The molecule has 0 atom stereocenters. The molecule has 2 nitrogen and oxygen atoms in total. The highest BCUT2D eigenvalue weighted by atomic mass is 35.5. The molecule has 2 aromatic carbocycles. The van der Waals surface area contributed by atoms with Gasteiger partial charge in [0.15, 0.2) is 5.13 Å². The van der Waals surface area contributed by atoms with Crippen molar-refractivity contribution < 1.29 is 0 Å². The topological polar surface area (TPSA) is 24.9 Å². The first-order chi connectivity index (χ1) is 9.79. The fourth-order valence-corrected chi connectivity index (χ4v) is 2.76. The summed E-state index contributed by atoms with van der Waals surface area (Å²) in [5.74, 6) is 0. The predicted octanol–water partition coefficient (Wildman–Crippen LogP) is 5.13. The molecule has 4 heteroatoms. The summed E-state index contributed by atoms with van der Waals surface area (Å²) in [4.78, 5) is 4.60. The number of benzene rings is 2. The lowest BCUT2D eigenvalue weighted by atomic mass is 10.1. The Balaban J connectivity index is 1.69. The summed E-state index contributed by atoms with van der Waals surface area (Å²) in [6.07, 6.45) is 0.824. The van der Waals surface area contributed by atoms with Gasteiger partial charge in [0, 0.05) is 22.5 Å². The van der Waals surface area contributed by atoms with Gasteiger partial charge in [-0.3, -0.25) is 0 Å². The summed E-state index contributed by atoms with van der Waals surface area (Å²) >= 11 is 7.50. The number of rotatable bonds is 4. The van der Waals surface area contributed by atoms with Crippen LogP contribution in [0.15, 0.2) is 60.0 Å². The number of nitrogens with one attached hydrogen (secondary N) is 1. The van der Waals surface area contributed by atoms with Crippen LogP contribution in [0.3, 0.4) is 0 Å². The van der Waals surface area contributed by atoms with Crippen molar-refractivity contribution in [3.63, 3.8) is 0 Å². The quantitative estimate of drug-likeness (QED) is 0.722. The van der Waals surface area contributed by atoms with E-state index in [1.54, 1.807) is 11.3 Å². The van der Waals surface area contributed by atoms with Crippen molar-refractivity contribution in [1.29, 1.82) is 0 Å². The molecule has 0 aliphatic rings. The standard InChI is InChI=1S/C16H13ClN2S/c17-13-8-6-12(7-9-13)10-15-11-20-16(19-15)18-14-4-2-1-3-5-14/h1-9,11H,10H2,(H,18,19). The SMILES string of the molecule is Clc1ccc(Cc2csc(Nc3ccccc3)n2)cc1. The fraction of sp³-hybridized carbons (Fsp3) is 0.0625. The van der Waals surface area contributed by atoms with Gasteiger partial charge in [-0.05, 0) is 29.8 Å². The summed E-state index contributed by atoms with van der Waals surface area (Å²) in [6, 6.07) is 17.9. The van der Waals surface area contributed by atoms with Gasteiger partial charge in [0.05, 0.1) is 5.69 Å². The number of halogens is 1. The highest BCUT2D eigenvalue weighted by Crippen LogP contribution is 2.22. The molecule has 0 radical (unpaired) electrons. The molecule has 1 heterocycles. The van der Waals surface area contributed by atoms with Gasteiger partial charge in [-0.25, -0.2) is 4.98 Å². The molecule has 0 aliphatic heterocycles. The first kappa shape index (κ1) is 13.2. The van der Waals surface area contributed by atoms with E-state index in [1.165, 1.54) is 5.56 Å². The predicted molar refractivity (Wildman–Crippen MR) is 86.1 cm³/mol. The van der Waals surface area contributed by atoms with Gasteiger partial charge >= 0.3 is 0 Å². The maximum atomic E-state index is 5.89. The Kier molecular flexibility index (Phi) is 4.00. The minimum atomic E-state index is 0.762. The molecule has 1 N–H and O–H groups in total. The Morgan fingerprint density at radius 2 is 1.75 bits per heavy atom. The van der Waals surface area contributed by atoms with Crippen LogP contribution in [-0.4, -0.2) is 4.98 Å². The Labute approximate surface area is 127 Å². The summed E-state index contributed by atoms with van der Waals surface area (Å²) in [5.41, 5.74) is 3.33.